The van der Waals surface area contributed by atoms with Gasteiger partial charge in [0, 0.05) is 5.56 Å². The number of carbonyl (C=O) groups is 2. The molecule has 0 aliphatic heterocycles. The third-order valence-corrected chi connectivity index (χ3v) is 4.42. The molecular weight excluding hydrogens is 306 g/mol. The second kappa shape index (κ2) is 5.80. The van der Waals surface area contributed by atoms with Crippen LogP contribution >= 0.6 is 11.6 Å². The Balaban J connectivity index is 2.63. The standard InChI is InChI=1S/C16H20ClNO4/c1-8-5-9(15(21)22-4)10-6-16(2,3)14(12(10)13(8)20)18-11(19)7-17/h5,14,20H,6-7H2,1-4H3,(H,18,19). The van der Waals surface area contributed by atoms with Crippen LogP contribution in [-0.2, 0) is 16.0 Å². The van der Waals surface area contributed by atoms with Gasteiger partial charge in [-0.2, -0.15) is 0 Å². The van der Waals surface area contributed by atoms with Gasteiger partial charge in [-0.3, -0.25) is 4.79 Å². The summed E-state index contributed by atoms with van der Waals surface area (Å²) in [4.78, 5) is 23.7. The van der Waals surface area contributed by atoms with Gasteiger partial charge in [-0.25, -0.2) is 4.79 Å². The Labute approximate surface area is 134 Å². The fraction of sp³-hybridized carbons (Fsp3) is 0.500. The molecule has 0 bridgehead atoms. The van der Waals surface area contributed by atoms with Crippen LogP contribution in [0.3, 0.4) is 0 Å². The van der Waals surface area contributed by atoms with Crippen molar-refractivity contribution >= 4 is 23.5 Å². The fourth-order valence-electron chi connectivity index (χ4n) is 3.08. The summed E-state index contributed by atoms with van der Waals surface area (Å²) >= 11 is 5.58. The lowest BCUT2D eigenvalue weighted by Crippen LogP contribution is -2.36. The summed E-state index contributed by atoms with van der Waals surface area (Å²) in [5, 5.41) is 13.3. The van der Waals surface area contributed by atoms with Crippen LogP contribution in [0.25, 0.3) is 0 Å². The molecular formula is C16H20ClNO4. The molecule has 0 saturated carbocycles. The highest BCUT2D eigenvalue weighted by Gasteiger charge is 2.44. The topological polar surface area (TPSA) is 75.6 Å². The maximum atomic E-state index is 12.0. The van der Waals surface area contributed by atoms with Crippen molar-refractivity contribution in [2.75, 3.05) is 13.0 Å². The van der Waals surface area contributed by atoms with Crippen LogP contribution in [0, 0.1) is 12.3 Å². The zero-order valence-electron chi connectivity index (χ0n) is 13.1. The molecule has 1 unspecified atom stereocenters. The van der Waals surface area contributed by atoms with E-state index < -0.39 is 12.0 Å². The number of esters is 1. The van der Waals surface area contributed by atoms with Crippen LogP contribution in [0.15, 0.2) is 6.07 Å². The Hall–Kier alpha value is -1.75. The van der Waals surface area contributed by atoms with Gasteiger partial charge in [0.05, 0.1) is 18.7 Å². The summed E-state index contributed by atoms with van der Waals surface area (Å²) in [6, 6.07) is 1.22. The van der Waals surface area contributed by atoms with Gasteiger partial charge in [0.15, 0.2) is 0 Å². The third kappa shape index (κ3) is 2.65. The highest BCUT2D eigenvalue weighted by atomic mass is 35.5. The minimum absolute atomic E-state index is 0.105. The predicted octanol–water partition coefficient (Wildman–Crippen LogP) is 2.47. The zero-order chi connectivity index (χ0) is 16.7. The predicted molar refractivity (Wildman–Crippen MR) is 83.3 cm³/mol. The molecule has 0 saturated heterocycles. The number of amides is 1. The van der Waals surface area contributed by atoms with E-state index in [4.69, 9.17) is 16.3 Å². The molecule has 1 aliphatic rings. The number of alkyl halides is 1. The molecule has 1 amide bonds. The number of rotatable bonds is 3. The Kier molecular flexibility index (Phi) is 4.38. The molecule has 1 aromatic rings. The quantitative estimate of drug-likeness (QED) is 0.661. The molecule has 0 fully saturated rings. The molecule has 0 aromatic heterocycles. The Morgan fingerprint density at radius 3 is 2.68 bits per heavy atom. The van der Waals surface area contributed by atoms with E-state index >= 15 is 0 Å². The lowest BCUT2D eigenvalue weighted by molar-refractivity contribution is -0.120. The van der Waals surface area contributed by atoms with E-state index in [2.05, 4.69) is 5.32 Å². The summed E-state index contributed by atoms with van der Waals surface area (Å²) in [6.07, 6.45) is 0.549. The summed E-state index contributed by atoms with van der Waals surface area (Å²) < 4.78 is 4.83. The number of phenolic OH excluding ortho intramolecular Hbond substituents is 1. The normalized spacial score (nSPS) is 18.7. The first-order chi connectivity index (χ1) is 10.2. The van der Waals surface area contributed by atoms with Gasteiger partial charge in [0.2, 0.25) is 5.91 Å². The van der Waals surface area contributed by atoms with Crippen LogP contribution in [0.4, 0.5) is 0 Å². The maximum Gasteiger partial charge on any atom is 0.338 e. The molecule has 1 aliphatic carbocycles. The van der Waals surface area contributed by atoms with E-state index in [1.54, 1.807) is 13.0 Å². The average Bonchev–Trinajstić information content (AvgIpc) is 2.73. The molecule has 6 heteroatoms. The number of carbonyl (C=O) groups excluding carboxylic acids is 2. The number of hydrogen-bond donors (Lipinski definition) is 2. The zero-order valence-corrected chi connectivity index (χ0v) is 13.9. The molecule has 2 rings (SSSR count). The van der Waals surface area contributed by atoms with Crippen molar-refractivity contribution in [3.8, 4) is 5.75 Å². The van der Waals surface area contributed by atoms with E-state index in [0.29, 0.717) is 23.1 Å². The lowest BCUT2D eigenvalue weighted by Gasteiger charge is -2.28. The number of halogens is 1. The SMILES string of the molecule is COC(=O)c1cc(C)c(O)c2c1CC(C)(C)C2NC(=O)CCl. The molecule has 0 radical (unpaired) electrons. The Morgan fingerprint density at radius 2 is 2.14 bits per heavy atom. The molecule has 0 spiro atoms. The molecule has 22 heavy (non-hydrogen) atoms. The summed E-state index contributed by atoms with van der Waals surface area (Å²) in [5.74, 6) is -0.807. The molecule has 120 valence electrons. The number of fused-ring (bicyclic) bond motifs is 1. The monoisotopic (exact) mass is 325 g/mol. The van der Waals surface area contributed by atoms with Gasteiger partial charge in [0.25, 0.3) is 0 Å². The van der Waals surface area contributed by atoms with Gasteiger partial charge in [-0.1, -0.05) is 13.8 Å². The summed E-state index contributed by atoms with van der Waals surface area (Å²) in [6.45, 7) is 5.66. The van der Waals surface area contributed by atoms with Crippen molar-refractivity contribution < 1.29 is 19.4 Å². The highest BCUT2D eigenvalue weighted by Crippen LogP contribution is 2.50. The number of aromatic hydroxyl groups is 1. The van der Waals surface area contributed by atoms with Gasteiger partial charge in [-0.15, -0.1) is 11.6 Å². The minimum atomic E-state index is -0.445. The largest absolute Gasteiger partial charge is 0.507 e. The number of nitrogens with one attached hydrogen (secondary N) is 1. The fourth-order valence-corrected chi connectivity index (χ4v) is 3.16. The van der Waals surface area contributed by atoms with E-state index in [1.165, 1.54) is 7.11 Å². The van der Waals surface area contributed by atoms with Gasteiger partial charge in [-0.05, 0) is 36.0 Å². The van der Waals surface area contributed by atoms with E-state index in [1.807, 2.05) is 13.8 Å². The Morgan fingerprint density at radius 1 is 1.50 bits per heavy atom. The lowest BCUT2D eigenvalue weighted by atomic mass is 9.85. The molecule has 0 heterocycles. The maximum absolute atomic E-state index is 12.0. The van der Waals surface area contributed by atoms with Crippen molar-refractivity contribution in [2.45, 2.75) is 33.2 Å². The van der Waals surface area contributed by atoms with Crippen molar-refractivity contribution in [3.05, 3.63) is 28.3 Å². The average molecular weight is 326 g/mol. The molecule has 1 aromatic carbocycles. The van der Waals surface area contributed by atoms with Gasteiger partial charge in [0.1, 0.15) is 11.6 Å². The molecule has 5 nitrogen and oxygen atoms in total. The van der Waals surface area contributed by atoms with Crippen molar-refractivity contribution in [1.29, 1.82) is 0 Å². The van der Waals surface area contributed by atoms with Crippen LogP contribution in [-0.4, -0.2) is 30.0 Å². The molecule has 1 atom stereocenters. The summed E-state index contributed by atoms with van der Waals surface area (Å²) in [7, 11) is 1.32. The number of benzene rings is 1. The van der Waals surface area contributed by atoms with Crippen LogP contribution < -0.4 is 5.32 Å². The van der Waals surface area contributed by atoms with Crippen molar-refractivity contribution in [1.82, 2.24) is 5.32 Å². The van der Waals surface area contributed by atoms with Crippen LogP contribution in [0.1, 0.15) is 46.9 Å². The van der Waals surface area contributed by atoms with Crippen molar-refractivity contribution in [3.63, 3.8) is 0 Å². The van der Waals surface area contributed by atoms with Crippen molar-refractivity contribution in [2.24, 2.45) is 5.41 Å². The number of hydrogen-bond acceptors (Lipinski definition) is 4. The second-order valence-electron chi connectivity index (χ2n) is 6.27. The first kappa shape index (κ1) is 16.6. The minimum Gasteiger partial charge on any atom is -0.507 e. The first-order valence-corrected chi connectivity index (χ1v) is 7.55. The smallest absolute Gasteiger partial charge is 0.338 e. The number of methoxy groups -OCH3 is 1. The highest BCUT2D eigenvalue weighted by molar-refractivity contribution is 6.27. The number of ether oxygens (including phenoxy) is 1. The van der Waals surface area contributed by atoms with Gasteiger partial charge < -0.3 is 15.2 Å². The Bertz CT molecular complexity index is 640. The van der Waals surface area contributed by atoms with E-state index in [9.17, 15) is 14.7 Å². The van der Waals surface area contributed by atoms with Crippen LogP contribution in [0.5, 0.6) is 5.75 Å². The second-order valence-corrected chi connectivity index (χ2v) is 6.54. The molecule has 2 N–H and O–H groups in total. The van der Waals surface area contributed by atoms with Gasteiger partial charge >= 0.3 is 5.97 Å². The number of phenols is 1. The summed E-state index contributed by atoms with van der Waals surface area (Å²) in [5.41, 5.74) is 1.96. The van der Waals surface area contributed by atoms with Crippen LogP contribution in [0.2, 0.25) is 0 Å². The first-order valence-electron chi connectivity index (χ1n) is 7.02. The number of aryl methyl sites for hydroxylation is 1. The van der Waals surface area contributed by atoms with E-state index in [-0.39, 0.29) is 23.0 Å². The third-order valence-electron chi connectivity index (χ3n) is 4.17. The van der Waals surface area contributed by atoms with E-state index in [0.717, 1.165) is 5.56 Å².